The lowest BCUT2D eigenvalue weighted by atomic mass is 10.0. The van der Waals surface area contributed by atoms with Crippen LogP contribution in [0.15, 0.2) is 48.8 Å². The summed E-state index contributed by atoms with van der Waals surface area (Å²) in [5.74, 6) is -0.570. The number of aromatic nitrogens is 3. The number of amides is 1. The van der Waals surface area contributed by atoms with Crippen molar-refractivity contribution < 1.29 is 23.1 Å². The second kappa shape index (κ2) is 8.87. The largest absolute Gasteiger partial charge is 0.433 e. The van der Waals surface area contributed by atoms with E-state index in [1.54, 1.807) is 24.3 Å². The molecule has 7 nitrogen and oxygen atoms in total. The summed E-state index contributed by atoms with van der Waals surface area (Å²) in [6.45, 7) is 1.80. The molecule has 1 amide bonds. The van der Waals surface area contributed by atoms with Gasteiger partial charge in [-0.05, 0) is 42.3 Å². The van der Waals surface area contributed by atoms with E-state index in [4.69, 9.17) is 5.11 Å². The molecular formula is C20H18F3N5O2. The van der Waals surface area contributed by atoms with Crippen LogP contribution < -0.4 is 10.6 Å². The molecule has 0 spiro atoms. The van der Waals surface area contributed by atoms with E-state index in [1.807, 2.05) is 13.0 Å². The van der Waals surface area contributed by atoms with Crippen LogP contribution in [-0.4, -0.2) is 39.1 Å². The number of nitrogens with zero attached hydrogens (tertiary/aromatic N) is 3. The molecule has 0 saturated carbocycles. The van der Waals surface area contributed by atoms with Crippen LogP contribution in [-0.2, 0) is 6.18 Å². The van der Waals surface area contributed by atoms with Crippen molar-refractivity contribution in [2.24, 2.45) is 0 Å². The van der Waals surface area contributed by atoms with Gasteiger partial charge < -0.3 is 15.7 Å². The number of hydrogen-bond donors (Lipinski definition) is 3. The Balaban J connectivity index is 1.83. The van der Waals surface area contributed by atoms with Crippen LogP contribution in [0.5, 0.6) is 0 Å². The fourth-order valence-electron chi connectivity index (χ4n) is 2.69. The van der Waals surface area contributed by atoms with Crippen molar-refractivity contribution in [1.29, 1.82) is 0 Å². The second-order valence-corrected chi connectivity index (χ2v) is 6.39. The molecule has 3 N–H and O–H groups in total. The number of rotatable bonds is 6. The fraction of sp³-hybridized carbons (Fsp3) is 0.200. The first-order chi connectivity index (χ1) is 14.3. The van der Waals surface area contributed by atoms with Crippen LogP contribution in [0.4, 0.5) is 24.8 Å². The van der Waals surface area contributed by atoms with Crippen molar-refractivity contribution in [2.75, 3.05) is 18.5 Å². The van der Waals surface area contributed by atoms with Gasteiger partial charge in [0.2, 0.25) is 5.95 Å². The number of aliphatic hydroxyl groups is 1. The lowest BCUT2D eigenvalue weighted by Gasteiger charge is -2.11. The Labute approximate surface area is 170 Å². The molecule has 156 valence electrons. The normalized spacial score (nSPS) is 11.2. The predicted octanol–water partition coefficient (Wildman–Crippen LogP) is 3.33. The quantitative estimate of drug-likeness (QED) is 0.569. The van der Waals surface area contributed by atoms with E-state index in [1.165, 1.54) is 6.20 Å². The molecule has 2 heterocycles. The summed E-state index contributed by atoms with van der Waals surface area (Å²) < 4.78 is 38.5. The number of alkyl halides is 3. The lowest BCUT2D eigenvalue weighted by molar-refractivity contribution is -0.141. The maximum absolute atomic E-state index is 12.8. The molecule has 0 unspecified atom stereocenters. The van der Waals surface area contributed by atoms with E-state index >= 15 is 0 Å². The van der Waals surface area contributed by atoms with Crippen LogP contribution in [0, 0.1) is 6.92 Å². The van der Waals surface area contributed by atoms with E-state index in [2.05, 4.69) is 25.6 Å². The van der Waals surface area contributed by atoms with Gasteiger partial charge in [-0.3, -0.25) is 9.78 Å². The first-order valence-corrected chi connectivity index (χ1v) is 8.91. The Morgan fingerprint density at radius 1 is 1.10 bits per heavy atom. The highest BCUT2D eigenvalue weighted by atomic mass is 19.4. The minimum Gasteiger partial charge on any atom is -0.395 e. The molecule has 2 aromatic heterocycles. The highest BCUT2D eigenvalue weighted by molar-refractivity contribution is 5.92. The van der Waals surface area contributed by atoms with E-state index in [0.717, 1.165) is 23.4 Å². The number of aryl methyl sites for hydroxylation is 1. The number of hydrogen-bond acceptors (Lipinski definition) is 6. The van der Waals surface area contributed by atoms with Crippen LogP contribution in [0.3, 0.4) is 0 Å². The molecule has 30 heavy (non-hydrogen) atoms. The van der Waals surface area contributed by atoms with Gasteiger partial charge in [-0.1, -0.05) is 12.1 Å². The third-order valence-electron chi connectivity index (χ3n) is 4.01. The summed E-state index contributed by atoms with van der Waals surface area (Å²) in [6, 6.07) is 9.40. The number of carbonyl (C=O) groups is 1. The average molecular weight is 417 g/mol. The molecule has 3 aromatic rings. The summed E-state index contributed by atoms with van der Waals surface area (Å²) in [7, 11) is 0. The highest BCUT2D eigenvalue weighted by Gasteiger charge is 2.32. The van der Waals surface area contributed by atoms with Gasteiger partial charge in [0, 0.05) is 30.2 Å². The summed E-state index contributed by atoms with van der Waals surface area (Å²) in [5.41, 5.74) is 1.99. The Morgan fingerprint density at radius 2 is 1.90 bits per heavy atom. The number of anilines is 2. The van der Waals surface area contributed by atoms with E-state index in [-0.39, 0.29) is 24.8 Å². The number of benzene rings is 1. The minimum atomic E-state index is -4.56. The molecule has 0 aliphatic rings. The van der Waals surface area contributed by atoms with Crippen LogP contribution >= 0.6 is 0 Å². The first kappa shape index (κ1) is 21.2. The summed E-state index contributed by atoms with van der Waals surface area (Å²) in [4.78, 5) is 23.3. The number of carbonyl (C=O) groups excluding carboxylic acids is 1. The van der Waals surface area contributed by atoms with Crippen molar-refractivity contribution in [3.63, 3.8) is 0 Å². The Hall–Kier alpha value is -3.53. The summed E-state index contributed by atoms with van der Waals surface area (Å²) in [5, 5.41) is 14.1. The maximum Gasteiger partial charge on any atom is 0.433 e. The molecular weight excluding hydrogens is 399 g/mol. The van der Waals surface area contributed by atoms with Gasteiger partial charge >= 0.3 is 6.18 Å². The van der Waals surface area contributed by atoms with Crippen molar-refractivity contribution in [1.82, 2.24) is 20.3 Å². The standard InChI is InChI=1S/C20H18F3N5O2/c1-12-8-14(13-2-3-16(26-11-13)18(30)24-6-7-29)10-15(9-12)27-19-25-5-4-17(28-19)20(21,22)23/h2-5,8-11,29H,6-7H2,1H3,(H,24,30)(H,25,27,28). The number of nitrogens with one attached hydrogen (secondary N) is 2. The molecule has 0 aliphatic carbocycles. The van der Waals surface area contributed by atoms with Gasteiger partial charge in [0.1, 0.15) is 11.4 Å². The molecule has 1 aromatic carbocycles. The smallest absolute Gasteiger partial charge is 0.395 e. The van der Waals surface area contributed by atoms with Crippen molar-refractivity contribution in [3.8, 4) is 11.1 Å². The SMILES string of the molecule is Cc1cc(Nc2nccc(C(F)(F)F)n2)cc(-c2ccc(C(=O)NCCO)nc2)c1. The molecule has 0 bridgehead atoms. The first-order valence-electron chi connectivity index (χ1n) is 8.91. The zero-order valence-electron chi connectivity index (χ0n) is 15.9. The van der Waals surface area contributed by atoms with Gasteiger partial charge in [-0.15, -0.1) is 0 Å². The number of aliphatic hydroxyl groups excluding tert-OH is 1. The second-order valence-electron chi connectivity index (χ2n) is 6.39. The van der Waals surface area contributed by atoms with E-state index in [9.17, 15) is 18.0 Å². The van der Waals surface area contributed by atoms with Crippen LogP contribution in [0.1, 0.15) is 21.7 Å². The number of pyridine rings is 1. The monoisotopic (exact) mass is 417 g/mol. The van der Waals surface area contributed by atoms with Gasteiger partial charge in [-0.2, -0.15) is 13.2 Å². The predicted molar refractivity (Wildman–Crippen MR) is 104 cm³/mol. The lowest BCUT2D eigenvalue weighted by Crippen LogP contribution is -2.27. The fourth-order valence-corrected chi connectivity index (χ4v) is 2.69. The van der Waals surface area contributed by atoms with Crippen molar-refractivity contribution >= 4 is 17.5 Å². The van der Waals surface area contributed by atoms with Gasteiger partial charge in [-0.25, -0.2) is 9.97 Å². The van der Waals surface area contributed by atoms with Gasteiger partial charge in [0.25, 0.3) is 5.91 Å². The van der Waals surface area contributed by atoms with E-state index in [0.29, 0.717) is 11.3 Å². The summed E-state index contributed by atoms with van der Waals surface area (Å²) in [6.07, 6.45) is -2.00. The van der Waals surface area contributed by atoms with Crippen molar-refractivity contribution in [3.05, 3.63) is 65.7 Å². The Morgan fingerprint density at radius 3 is 2.57 bits per heavy atom. The Kier molecular flexibility index (Phi) is 6.26. The van der Waals surface area contributed by atoms with E-state index < -0.39 is 17.8 Å². The van der Waals surface area contributed by atoms with Crippen LogP contribution in [0.2, 0.25) is 0 Å². The average Bonchev–Trinajstić information content (AvgIpc) is 2.71. The molecule has 0 fully saturated rings. The topological polar surface area (TPSA) is 100 Å². The third-order valence-corrected chi connectivity index (χ3v) is 4.01. The third kappa shape index (κ3) is 5.29. The minimum absolute atomic E-state index is 0.132. The molecule has 0 saturated heterocycles. The Bertz CT molecular complexity index is 1040. The molecule has 10 heteroatoms. The van der Waals surface area contributed by atoms with Crippen molar-refractivity contribution in [2.45, 2.75) is 13.1 Å². The highest BCUT2D eigenvalue weighted by Crippen LogP contribution is 2.29. The zero-order chi connectivity index (χ0) is 21.7. The molecule has 0 radical (unpaired) electrons. The van der Waals surface area contributed by atoms with Gasteiger partial charge in [0.15, 0.2) is 0 Å². The molecule has 0 aliphatic heterocycles. The summed E-state index contributed by atoms with van der Waals surface area (Å²) >= 11 is 0. The van der Waals surface area contributed by atoms with Crippen LogP contribution in [0.25, 0.3) is 11.1 Å². The maximum atomic E-state index is 12.8. The molecule has 0 atom stereocenters. The molecule has 3 rings (SSSR count). The number of halogens is 3. The van der Waals surface area contributed by atoms with Gasteiger partial charge in [0.05, 0.1) is 6.61 Å². The zero-order valence-corrected chi connectivity index (χ0v) is 15.9.